The lowest BCUT2D eigenvalue weighted by molar-refractivity contribution is -0.138. The van der Waals surface area contributed by atoms with Crippen molar-refractivity contribution in [2.75, 3.05) is 31.1 Å². The highest BCUT2D eigenvalue weighted by molar-refractivity contribution is 5.96. The van der Waals surface area contributed by atoms with Crippen LogP contribution >= 0.6 is 0 Å². The molecule has 0 atom stereocenters. The molecule has 1 fully saturated rings. The molecular weight excluding hydrogens is 381 g/mol. The molecule has 1 aromatic heterocycles. The first kappa shape index (κ1) is 19.2. The SMILES string of the molecule is Cc1nc2ccccc2nc1N1CCN(C(=O)c2ccccc2C(F)(F)F)CC1. The van der Waals surface area contributed by atoms with Crippen LogP contribution in [-0.4, -0.2) is 47.0 Å². The molecule has 1 amide bonds. The van der Waals surface area contributed by atoms with Crippen LogP contribution in [0.5, 0.6) is 0 Å². The number of piperazine rings is 1. The Hall–Kier alpha value is -3.16. The van der Waals surface area contributed by atoms with Gasteiger partial charge in [-0.1, -0.05) is 24.3 Å². The summed E-state index contributed by atoms with van der Waals surface area (Å²) in [6.45, 7) is 3.48. The number of aromatic nitrogens is 2. The molecule has 0 radical (unpaired) electrons. The van der Waals surface area contributed by atoms with Gasteiger partial charge in [-0.25, -0.2) is 9.97 Å². The summed E-state index contributed by atoms with van der Waals surface area (Å²) in [7, 11) is 0. The highest BCUT2D eigenvalue weighted by Gasteiger charge is 2.36. The molecule has 0 unspecified atom stereocenters. The van der Waals surface area contributed by atoms with Gasteiger partial charge < -0.3 is 9.80 Å². The molecule has 4 rings (SSSR count). The number of halogens is 3. The van der Waals surface area contributed by atoms with Gasteiger partial charge in [0.1, 0.15) is 0 Å². The predicted octanol–water partition coefficient (Wildman–Crippen LogP) is 3.92. The van der Waals surface area contributed by atoms with Crippen LogP contribution < -0.4 is 4.90 Å². The van der Waals surface area contributed by atoms with Crippen molar-refractivity contribution >= 4 is 22.8 Å². The van der Waals surface area contributed by atoms with Gasteiger partial charge in [-0.3, -0.25) is 4.79 Å². The van der Waals surface area contributed by atoms with Crippen LogP contribution in [0, 0.1) is 6.92 Å². The second-order valence-electron chi connectivity index (χ2n) is 6.94. The Bertz CT molecular complexity index is 1060. The zero-order valence-corrected chi connectivity index (χ0v) is 15.8. The summed E-state index contributed by atoms with van der Waals surface area (Å²) in [6.07, 6.45) is -4.56. The highest BCUT2D eigenvalue weighted by Crippen LogP contribution is 2.32. The third-order valence-corrected chi connectivity index (χ3v) is 5.05. The van der Waals surface area contributed by atoms with Crippen molar-refractivity contribution in [1.82, 2.24) is 14.9 Å². The van der Waals surface area contributed by atoms with E-state index in [1.807, 2.05) is 36.1 Å². The first-order valence-electron chi connectivity index (χ1n) is 9.28. The largest absolute Gasteiger partial charge is 0.417 e. The normalized spacial score (nSPS) is 15.0. The van der Waals surface area contributed by atoms with Crippen molar-refractivity contribution in [3.8, 4) is 0 Å². The van der Waals surface area contributed by atoms with Crippen molar-refractivity contribution in [3.05, 3.63) is 65.4 Å². The minimum absolute atomic E-state index is 0.310. The van der Waals surface area contributed by atoms with Gasteiger partial charge in [0, 0.05) is 26.2 Å². The summed E-state index contributed by atoms with van der Waals surface area (Å²) in [6, 6.07) is 12.5. The number of carbonyl (C=O) groups is 1. The molecule has 1 aliphatic rings. The molecule has 0 N–H and O–H groups in total. The summed E-state index contributed by atoms with van der Waals surface area (Å²) in [5, 5.41) is 0. The van der Waals surface area contributed by atoms with E-state index in [-0.39, 0.29) is 5.56 Å². The van der Waals surface area contributed by atoms with E-state index in [0.29, 0.717) is 26.2 Å². The van der Waals surface area contributed by atoms with E-state index < -0.39 is 17.6 Å². The molecule has 1 aliphatic heterocycles. The van der Waals surface area contributed by atoms with Gasteiger partial charge >= 0.3 is 6.18 Å². The summed E-state index contributed by atoms with van der Waals surface area (Å²) in [4.78, 5) is 25.5. The number of aryl methyl sites for hydroxylation is 1. The van der Waals surface area contributed by atoms with Gasteiger partial charge in [-0.2, -0.15) is 13.2 Å². The summed E-state index contributed by atoms with van der Waals surface area (Å²) in [5.41, 5.74) is 1.17. The molecule has 2 aromatic carbocycles. The van der Waals surface area contributed by atoms with Crippen molar-refractivity contribution in [2.24, 2.45) is 0 Å². The Morgan fingerprint density at radius 3 is 2.14 bits per heavy atom. The summed E-state index contributed by atoms with van der Waals surface area (Å²) in [5.74, 6) is 0.144. The van der Waals surface area contributed by atoms with Crippen LogP contribution in [-0.2, 0) is 6.18 Å². The quantitative estimate of drug-likeness (QED) is 0.654. The molecule has 0 saturated carbocycles. The number of anilines is 1. The Morgan fingerprint density at radius 2 is 1.48 bits per heavy atom. The van der Waals surface area contributed by atoms with Crippen LogP contribution in [0.1, 0.15) is 21.6 Å². The van der Waals surface area contributed by atoms with Gasteiger partial charge in [-0.05, 0) is 31.2 Å². The maximum atomic E-state index is 13.2. The van der Waals surface area contributed by atoms with Crippen LogP contribution in [0.15, 0.2) is 48.5 Å². The Morgan fingerprint density at radius 1 is 0.897 bits per heavy atom. The number of para-hydroxylation sites is 2. The van der Waals surface area contributed by atoms with E-state index in [0.717, 1.165) is 28.6 Å². The number of carbonyl (C=O) groups excluding carboxylic acids is 1. The number of fused-ring (bicyclic) bond motifs is 1. The maximum absolute atomic E-state index is 13.2. The summed E-state index contributed by atoms with van der Waals surface area (Å²) < 4.78 is 39.7. The molecule has 8 heteroatoms. The van der Waals surface area contributed by atoms with Gasteiger partial charge in [0.15, 0.2) is 5.82 Å². The molecule has 29 heavy (non-hydrogen) atoms. The number of alkyl halides is 3. The number of hydrogen-bond donors (Lipinski definition) is 0. The minimum Gasteiger partial charge on any atom is -0.352 e. The molecule has 3 aromatic rings. The molecule has 5 nitrogen and oxygen atoms in total. The zero-order valence-electron chi connectivity index (χ0n) is 15.8. The molecule has 0 spiro atoms. The van der Waals surface area contributed by atoms with Crippen LogP contribution in [0.3, 0.4) is 0 Å². The van der Waals surface area contributed by atoms with Gasteiger partial charge in [0.2, 0.25) is 0 Å². The average Bonchev–Trinajstić information content (AvgIpc) is 2.72. The smallest absolute Gasteiger partial charge is 0.352 e. The number of hydrogen-bond acceptors (Lipinski definition) is 4. The Balaban J connectivity index is 1.52. The third-order valence-electron chi connectivity index (χ3n) is 5.05. The second-order valence-corrected chi connectivity index (χ2v) is 6.94. The molecule has 2 heterocycles. The highest BCUT2D eigenvalue weighted by atomic mass is 19.4. The second kappa shape index (κ2) is 7.35. The first-order chi connectivity index (χ1) is 13.8. The fourth-order valence-corrected chi connectivity index (χ4v) is 3.59. The van der Waals surface area contributed by atoms with Crippen molar-refractivity contribution < 1.29 is 18.0 Å². The average molecular weight is 400 g/mol. The van der Waals surface area contributed by atoms with Crippen molar-refractivity contribution in [3.63, 3.8) is 0 Å². The summed E-state index contributed by atoms with van der Waals surface area (Å²) >= 11 is 0. The van der Waals surface area contributed by atoms with E-state index in [9.17, 15) is 18.0 Å². The van der Waals surface area contributed by atoms with E-state index in [1.54, 1.807) is 0 Å². The van der Waals surface area contributed by atoms with Crippen molar-refractivity contribution in [1.29, 1.82) is 0 Å². The van der Waals surface area contributed by atoms with E-state index in [1.165, 1.54) is 23.1 Å². The van der Waals surface area contributed by atoms with E-state index in [4.69, 9.17) is 0 Å². The lowest BCUT2D eigenvalue weighted by Crippen LogP contribution is -2.49. The van der Waals surface area contributed by atoms with Crippen LogP contribution in [0.25, 0.3) is 11.0 Å². The predicted molar refractivity (Wildman–Crippen MR) is 104 cm³/mol. The molecule has 150 valence electrons. The standard InChI is InChI=1S/C21H19F3N4O/c1-14-19(26-18-9-5-4-8-17(18)25-14)27-10-12-28(13-11-27)20(29)15-6-2-3-7-16(15)21(22,23)24/h2-9H,10-13H2,1H3. The lowest BCUT2D eigenvalue weighted by atomic mass is 10.1. The maximum Gasteiger partial charge on any atom is 0.417 e. The lowest BCUT2D eigenvalue weighted by Gasteiger charge is -2.36. The topological polar surface area (TPSA) is 49.3 Å². The fraction of sp³-hybridized carbons (Fsp3) is 0.286. The number of nitrogens with zero attached hydrogens (tertiary/aromatic N) is 4. The van der Waals surface area contributed by atoms with Crippen LogP contribution in [0.2, 0.25) is 0 Å². The molecule has 0 bridgehead atoms. The van der Waals surface area contributed by atoms with Gasteiger partial charge in [-0.15, -0.1) is 0 Å². The molecule has 1 saturated heterocycles. The van der Waals surface area contributed by atoms with E-state index >= 15 is 0 Å². The molecule has 0 aliphatic carbocycles. The zero-order chi connectivity index (χ0) is 20.6. The van der Waals surface area contributed by atoms with Crippen molar-refractivity contribution in [2.45, 2.75) is 13.1 Å². The monoisotopic (exact) mass is 400 g/mol. The van der Waals surface area contributed by atoms with Gasteiger partial charge in [0.05, 0.1) is 27.9 Å². The minimum atomic E-state index is -4.56. The number of amides is 1. The third kappa shape index (κ3) is 3.74. The van der Waals surface area contributed by atoms with Crippen LogP contribution in [0.4, 0.5) is 19.0 Å². The molecular formula is C21H19F3N4O. The number of benzene rings is 2. The Labute approximate surface area is 165 Å². The fourth-order valence-electron chi connectivity index (χ4n) is 3.59. The van der Waals surface area contributed by atoms with Gasteiger partial charge in [0.25, 0.3) is 5.91 Å². The first-order valence-corrected chi connectivity index (χ1v) is 9.28. The van der Waals surface area contributed by atoms with E-state index in [2.05, 4.69) is 9.97 Å². The Kier molecular flexibility index (Phi) is 4.86. The number of rotatable bonds is 2.